The number of hydrogen-bond donors (Lipinski definition) is 2. The highest BCUT2D eigenvalue weighted by atomic mass is 16.1. The topological polar surface area (TPSA) is 62.2 Å². The Hall–Kier alpha value is -2.56. The first-order chi connectivity index (χ1) is 9.28. The van der Waals surface area contributed by atoms with E-state index in [1.54, 1.807) is 6.20 Å². The van der Waals surface area contributed by atoms with Gasteiger partial charge in [0.2, 0.25) is 5.65 Å². The fourth-order valence-electron chi connectivity index (χ4n) is 2.77. The van der Waals surface area contributed by atoms with Gasteiger partial charge < -0.3 is 10.3 Å². The number of benzene rings is 1. The fraction of sp³-hybridized carbons (Fsp3) is 0.143. The Kier molecular flexibility index (Phi) is 1.90. The summed E-state index contributed by atoms with van der Waals surface area (Å²) in [7, 11) is 1.90. The van der Waals surface area contributed by atoms with Crippen molar-refractivity contribution in [1.29, 1.82) is 0 Å². The minimum Gasteiger partial charge on any atom is -0.388 e. The third kappa shape index (κ3) is 1.29. The van der Waals surface area contributed by atoms with E-state index in [0.29, 0.717) is 5.65 Å². The average molecular weight is 252 g/mol. The average Bonchev–Trinajstić information content (AvgIpc) is 3.02. The second-order valence-corrected chi connectivity index (χ2v) is 4.70. The van der Waals surface area contributed by atoms with Gasteiger partial charge in [0.15, 0.2) is 0 Å². The molecule has 1 aliphatic rings. The van der Waals surface area contributed by atoms with Crippen molar-refractivity contribution in [3.05, 3.63) is 52.2 Å². The summed E-state index contributed by atoms with van der Waals surface area (Å²) >= 11 is 0. The summed E-state index contributed by atoms with van der Waals surface area (Å²) in [5, 5.41) is 3.14. The van der Waals surface area contributed by atoms with Crippen LogP contribution in [0.3, 0.4) is 0 Å². The van der Waals surface area contributed by atoms with Gasteiger partial charge in [0.05, 0.1) is 11.4 Å². The summed E-state index contributed by atoms with van der Waals surface area (Å²) in [5.41, 5.74) is 5.72. The third-order valence-electron chi connectivity index (χ3n) is 3.68. The zero-order chi connectivity index (χ0) is 13.0. The number of aromatic nitrogens is 3. The van der Waals surface area contributed by atoms with Crippen LogP contribution in [0.2, 0.25) is 0 Å². The van der Waals surface area contributed by atoms with Crippen molar-refractivity contribution in [2.45, 2.75) is 6.42 Å². The van der Waals surface area contributed by atoms with Gasteiger partial charge in [0, 0.05) is 37.1 Å². The lowest BCUT2D eigenvalue weighted by Crippen LogP contribution is -2.13. The zero-order valence-corrected chi connectivity index (χ0v) is 10.4. The molecule has 0 unspecified atom stereocenters. The maximum absolute atomic E-state index is 12.0. The molecule has 2 N–H and O–H groups in total. The van der Waals surface area contributed by atoms with E-state index in [4.69, 9.17) is 0 Å². The summed E-state index contributed by atoms with van der Waals surface area (Å²) in [6, 6.07) is 6.19. The molecule has 4 rings (SSSR count). The van der Waals surface area contributed by atoms with Gasteiger partial charge in [-0.05, 0) is 17.7 Å². The number of hydrogen-bond acceptors (Lipinski definition) is 3. The van der Waals surface area contributed by atoms with Gasteiger partial charge in [-0.3, -0.25) is 9.20 Å². The molecule has 2 heterocycles. The number of rotatable bonds is 1. The molecule has 0 radical (unpaired) electrons. The van der Waals surface area contributed by atoms with Crippen molar-refractivity contribution < 1.29 is 0 Å². The van der Waals surface area contributed by atoms with Crippen LogP contribution in [0.4, 0.5) is 5.69 Å². The van der Waals surface area contributed by atoms with Gasteiger partial charge in [0.1, 0.15) is 0 Å². The van der Waals surface area contributed by atoms with E-state index < -0.39 is 0 Å². The first-order valence-corrected chi connectivity index (χ1v) is 6.17. The molecule has 0 saturated heterocycles. The molecule has 0 fully saturated rings. The fourth-order valence-corrected chi connectivity index (χ4v) is 2.77. The lowest BCUT2D eigenvalue weighted by molar-refractivity contribution is 1.00. The summed E-state index contributed by atoms with van der Waals surface area (Å²) in [6.07, 6.45) is 4.31. The molecule has 19 heavy (non-hydrogen) atoms. The molecule has 0 atom stereocenters. The molecule has 0 spiro atoms. The van der Waals surface area contributed by atoms with Gasteiger partial charge in [-0.1, -0.05) is 6.07 Å². The first kappa shape index (κ1) is 10.4. The lowest BCUT2D eigenvalue weighted by Gasteiger charge is -2.04. The monoisotopic (exact) mass is 252 g/mol. The zero-order valence-electron chi connectivity index (χ0n) is 10.4. The van der Waals surface area contributed by atoms with Crippen LogP contribution < -0.4 is 10.9 Å². The van der Waals surface area contributed by atoms with Crippen LogP contribution in [-0.4, -0.2) is 21.4 Å². The van der Waals surface area contributed by atoms with Gasteiger partial charge in [-0.2, -0.15) is 0 Å². The predicted octanol–water partition coefficient (Wildman–Crippen LogP) is 1.64. The van der Waals surface area contributed by atoms with Crippen LogP contribution in [0.5, 0.6) is 0 Å². The number of anilines is 1. The van der Waals surface area contributed by atoms with Crippen LogP contribution in [0, 0.1) is 0 Å². The minimum atomic E-state index is -0.144. The highest BCUT2D eigenvalue weighted by Crippen LogP contribution is 2.35. The normalized spacial score (nSPS) is 12.5. The van der Waals surface area contributed by atoms with E-state index >= 15 is 0 Å². The molecule has 5 heteroatoms. The third-order valence-corrected chi connectivity index (χ3v) is 3.68. The highest BCUT2D eigenvalue weighted by Gasteiger charge is 2.23. The summed E-state index contributed by atoms with van der Waals surface area (Å²) < 4.78 is 1.88. The van der Waals surface area contributed by atoms with Crippen LogP contribution in [0.25, 0.3) is 16.9 Å². The molecule has 0 saturated carbocycles. The van der Waals surface area contributed by atoms with Crippen molar-refractivity contribution in [2.75, 3.05) is 12.4 Å². The van der Waals surface area contributed by atoms with E-state index in [2.05, 4.69) is 21.4 Å². The van der Waals surface area contributed by atoms with E-state index in [1.165, 1.54) is 5.56 Å². The molecule has 2 aromatic heterocycles. The number of fused-ring (bicyclic) bond motifs is 5. The quantitative estimate of drug-likeness (QED) is 0.541. The van der Waals surface area contributed by atoms with Gasteiger partial charge in [-0.25, -0.2) is 4.98 Å². The van der Waals surface area contributed by atoms with E-state index in [-0.39, 0.29) is 5.56 Å². The van der Waals surface area contributed by atoms with Crippen LogP contribution in [-0.2, 0) is 6.42 Å². The number of H-pyrrole nitrogens is 1. The summed E-state index contributed by atoms with van der Waals surface area (Å²) in [6.45, 7) is 0. The number of imidazole rings is 1. The molecule has 94 valence electrons. The largest absolute Gasteiger partial charge is 0.388 e. The van der Waals surface area contributed by atoms with Crippen molar-refractivity contribution >= 4 is 11.3 Å². The molecular formula is C14H12N4O. The smallest absolute Gasteiger partial charge is 0.292 e. The molecule has 5 nitrogen and oxygen atoms in total. The number of nitrogens with zero attached hydrogens (tertiary/aromatic N) is 2. The van der Waals surface area contributed by atoms with Crippen LogP contribution >= 0.6 is 0 Å². The SMILES string of the molecule is CNc1ccc2c(c1)Cc1c-2[nH]c(=O)c2nccn12. The number of nitrogens with one attached hydrogen (secondary N) is 2. The maximum Gasteiger partial charge on any atom is 0.292 e. The molecule has 1 aliphatic carbocycles. The molecule has 0 aliphatic heterocycles. The standard InChI is InChI=1S/C14H12N4O/c1-15-9-2-3-10-8(6-9)7-11-12(10)17-14(19)13-16-4-5-18(11)13/h2-6,15H,7H2,1H3,(H,17,19). The van der Waals surface area contributed by atoms with Gasteiger partial charge in [0.25, 0.3) is 5.56 Å². The summed E-state index contributed by atoms with van der Waals surface area (Å²) in [5.74, 6) is 0. The van der Waals surface area contributed by atoms with Crippen molar-refractivity contribution in [3.63, 3.8) is 0 Å². The van der Waals surface area contributed by atoms with Crippen LogP contribution in [0.1, 0.15) is 11.3 Å². The Morgan fingerprint density at radius 1 is 1.42 bits per heavy atom. The molecule has 0 bridgehead atoms. The molecule has 3 aromatic rings. The Morgan fingerprint density at radius 3 is 3.16 bits per heavy atom. The van der Waals surface area contributed by atoms with E-state index in [0.717, 1.165) is 29.1 Å². The molecule has 0 amide bonds. The molecular weight excluding hydrogens is 240 g/mol. The summed E-state index contributed by atoms with van der Waals surface area (Å²) in [4.78, 5) is 19.0. The number of aromatic amines is 1. The Labute approximate surface area is 108 Å². The Morgan fingerprint density at radius 2 is 2.32 bits per heavy atom. The first-order valence-electron chi connectivity index (χ1n) is 6.17. The lowest BCUT2D eigenvalue weighted by atomic mass is 10.1. The van der Waals surface area contributed by atoms with Crippen molar-refractivity contribution in [1.82, 2.24) is 14.4 Å². The highest BCUT2D eigenvalue weighted by molar-refractivity contribution is 5.75. The van der Waals surface area contributed by atoms with Gasteiger partial charge >= 0.3 is 0 Å². The van der Waals surface area contributed by atoms with Crippen molar-refractivity contribution in [2.24, 2.45) is 0 Å². The van der Waals surface area contributed by atoms with E-state index in [9.17, 15) is 4.79 Å². The maximum atomic E-state index is 12.0. The van der Waals surface area contributed by atoms with Crippen LogP contribution in [0.15, 0.2) is 35.4 Å². The second-order valence-electron chi connectivity index (χ2n) is 4.70. The molecule has 1 aromatic carbocycles. The van der Waals surface area contributed by atoms with E-state index in [1.807, 2.05) is 29.8 Å². The Balaban J connectivity index is 2.05. The predicted molar refractivity (Wildman–Crippen MR) is 73.6 cm³/mol. The minimum absolute atomic E-state index is 0.144. The van der Waals surface area contributed by atoms with Gasteiger partial charge in [-0.15, -0.1) is 0 Å². The Bertz CT molecular complexity index is 859. The second kappa shape index (κ2) is 3.47. The van der Waals surface area contributed by atoms with Crippen molar-refractivity contribution in [3.8, 4) is 11.3 Å².